The van der Waals surface area contributed by atoms with Crippen molar-refractivity contribution in [3.8, 4) is 0 Å². The number of benzene rings is 1. The molecule has 1 heterocycles. The highest BCUT2D eigenvalue weighted by molar-refractivity contribution is 5.79. The maximum Gasteiger partial charge on any atom is 0.0705 e. The molecule has 0 bridgehead atoms. The monoisotopic (exact) mass is 268 g/mol. The van der Waals surface area contributed by atoms with Crippen LogP contribution in [0.4, 0.5) is 0 Å². The standard InChI is InChI=1S/C18H24N2/c1-4-19-17-10-8-16(13(17)3)14-7-9-18-15(11-14)6-5-12(2)20-18/h5-7,9,11,13,16-17,19H,4,8,10H2,1-3H3. The molecule has 1 saturated carbocycles. The molecule has 2 aromatic rings. The predicted octanol–water partition coefficient (Wildman–Crippen LogP) is 4.03. The quantitative estimate of drug-likeness (QED) is 0.909. The van der Waals surface area contributed by atoms with E-state index < -0.39 is 0 Å². The van der Waals surface area contributed by atoms with E-state index in [1.807, 2.05) is 6.92 Å². The highest BCUT2D eigenvalue weighted by Crippen LogP contribution is 2.40. The molecule has 3 unspecified atom stereocenters. The van der Waals surface area contributed by atoms with Gasteiger partial charge in [-0.2, -0.15) is 0 Å². The normalized spacial score (nSPS) is 26.2. The van der Waals surface area contributed by atoms with Gasteiger partial charge in [0, 0.05) is 17.1 Å². The molecular formula is C18H24N2. The second-order valence-electron chi connectivity index (χ2n) is 6.11. The van der Waals surface area contributed by atoms with Crippen LogP contribution in [0.3, 0.4) is 0 Å². The number of aromatic nitrogens is 1. The van der Waals surface area contributed by atoms with Crippen molar-refractivity contribution in [1.29, 1.82) is 0 Å². The van der Waals surface area contributed by atoms with Crippen molar-refractivity contribution >= 4 is 10.9 Å². The molecule has 20 heavy (non-hydrogen) atoms. The molecule has 1 fully saturated rings. The summed E-state index contributed by atoms with van der Waals surface area (Å²) in [5.74, 6) is 1.40. The van der Waals surface area contributed by atoms with Crippen LogP contribution in [0.15, 0.2) is 30.3 Å². The number of rotatable bonds is 3. The number of nitrogens with zero attached hydrogens (tertiary/aromatic N) is 1. The van der Waals surface area contributed by atoms with Crippen LogP contribution >= 0.6 is 0 Å². The fourth-order valence-electron chi connectivity index (χ4n) is 3.66. The van der Waals surface area contributed by atoms with Gasteiger partial charge in [-0.05, 0) is 61.9 Å². The van der Waals surface area contributed by atoms with Gasteiger partial charge in [0.25, 0.3) is 0 Å². The second-order valence-corrected chi connectivity index (χ2v) is 6.11. The zero-order valence-corrected chi connectivity index (χ0v) is 12.7. The zero-order chi connectivity index (χ0) is 14.1. The Kier molecular flexibility index (Phi) is 3.75. The van der Waals surface area contributed by atoms with E-state index in [1.54, 1.807) is 0 Å². The third kappa shape index (κ3) is 2.45. The van der Waals surface area contributed by atoms with E-state index in [4.69, 9.17) is 0 Å². The van der Waals surface area contributed by atoms with Crippen molar-refractivity contribution in [1.82, 2.24) is 10.3 Å². The average molecular weight is 268 g/mol. The third-order valence-electron chi connectivity index (χ3n) is 4.80. The molecule has 1 aliphatic carbocycles. The minimum absolute atomic E-state index is 0.678. The van der Waals surface area contributed by atoms with Crippen LogP contribution in [0.2, 0.25) is 0 Å². The summed E-state index contributed by atoms with van der Waals surface area (Å²) in [4.78, 5) is 4.59. The van der Waals surface area contributed by atoms with Gasteiger partial charge in [0.05, 0.1) is 5.52 Å². The maximum atomic E-state index is 4.59. The number of nitrogens with one attached hydrogen (secondary N) is 1. The van der Waals surface area contributed by atoms with Crippen molar-refractivity contribution in [3.63, 3.8) is 0 Å². The molecule has 3 rings (SSSR count). The van der Waals surface area contributed by atoms with Crippen LogP contribution in [0.25, 0.3) is 10.9 Å². The first-order valence-corrected chi connectivity index (χ1v) is 7.79. The summed E-state index contributed by atoms with van der Waals surface area (Å²) in [6, 6.07) is 11.8. The molecular weight excluding hydrogens is 244 g/mol. The lowest BCUT2D eigenvalue weighted by Gasteiger charge is -2.22. The average Bonchev–Trinajstić information content (AvgIpc) is 2.80. The van der Waals surface area contributed by atoms with Crippen LogP contribution in [0, 0.1) is 12.8 Å². The summed E-state index contributed by atoms with van der Waals surface area (Å²) in [7, 11) is 0. The van der Waals surface area contributed by atoms with Crippen LogP contribution in [0.1, 0.15) is 43.9 Å². The summed E-state index contributed by atoms with van der Waals surface area (Å²) in [6.07, 6.45) is 2.59. The summed E-state index contributed by atoms with van der Waals surface area (Å²) in [6.45, 7) is 7.71. The van der Waals surface area contributed by atoms with Gasteiger partial charge in [0.2, 0.25) is 0 Å². The van der Waals surface area contributed by atoms with Gasteiger partial charge in [0.1, 0.15) is 0 Å². The van der Waals surface area contributed by atoms with Gasteiger partial charge < -0.3 is 5.32 Å². The number of hydrogen-bond donors (Lipinski definition) is 1. The van der Waals surface area contributed by atoms with Crippen LogP contribution in [0.5, 0.6) is 0 Å². The molecule has 106 valence electrons. The minimum atomic E-state index is 0.678. The molecule has 3 atom stereocenters. The Balaban J connectivity index is 1.89. The molecule has 0 amide bonds. The van der Waals surface area contributed by atoms with Crippen molar-refractivity contribution in [2.45, 2.75) is 45.6 Å². The Labute approximate surface area is 121 Å². The predicted molar refractivity (Wildman–Crippen MR) is 85.1 cm³/mol. The van der Waals surface area contributed by atoms with Gasteiger partial charge in [-0.25, -0.2) is 0 Å². The fourth-order valence-corrected chi connectivity index (χ4v) is 3.66. The van der Waals surface area contributed by atoms with Gasteiger partial charge in [-0.1, -0.05) is 26.0 Å². The lowest BCUT2D eigenvalue weighted by Crippen LogP contribution is -2.32. The molecule has 1 aliphatic rings. The molecule has 1 aromatic carbocycles. The van der Waals surface area contributed by atoms with E-state index in [2.05, 4.69) is 54.5 Å². The molecule has 0 aliphatic heterocycles. The molecule has 0 saturated heterocycles. The first-order valence-electron chi connectivity index (χ1n) is 7.79. The van der Waals surface area contributed by atoms with Gasteiger partial charge in [-0.3, -0.25) is 4.98 Å². The second kappa shape index (κ2) is 5.53. The van der Waals surface area contributed by atoms with Gasteiger partial charge in [-0.15, -0.1) is 0 Å². The molecule has 2 nitrogen and oxygen atoms in total. The number of aryl methyl sites for hydroxylation is 1. The van der Waals surface area contributed by atoms with E-state index in [-0.39, 0.29) is 0 Å². The lowest BCUT2D eigenvalue weighted by atomic mass is 9.88. The van der Waals surface area contributed by atoms with Gasteiger partial charge in [0.15, 0.2) is 0 Å². The Hall–Kier alpha value is -1.41. The summed E-state index contributed by atoms with van der Waals surface area (Å²) in [5.41, 5.74) is 3.69. The highest BCUT2D eigenvalue weighted by atomic mass is 14.9. The molecule has 0 spiro atoms. The van der Waals surface area contributed by atoms with Crippen molar-refractivity contribution in [3.05, 3.63) is 41.6 Å². The smallest absolute Gasteiger partial charge is 0.0705 e. The van der Waals surface area contributed by atoms with E-state index in [1.165, 1.54) is 23.8 Å². The first-order chi connectivity index (χ1) is 9.69. The number of hydrogen-bond acceptors (Lipinski definition) is 2. The van der Waals surface area contributed by atoms with E-state index >= 15 is 0 Å². The van der Waals surface area contributed by atoms with Gasteiger partial charge >= 0.3 is 0 Å². The topological polar surface area (TPSA) is 24.9 Å². The highest BCUT2D eigenvalue weighted by Gasteiger charge is 2.33. The number of fused-ring (bicyclic) bond motifs is 1. The first kappa shape index (κ1) is 13.6. The molecule has 1 N–H and O–H groups in total. The Bertz CT molecular complexity index is 605. The Morgan fingerprint density at radius 3 is 2.85 bits per heavy atom. The molecule has 0 radical (unpaired) electrons. The summed E-state index contributed by atoms with van der Waals surface area (Å²) >= 11 is 0. The Morgan fingerprint density at radius 2 is 2.05 bits per heavy atom. The van der Waals surface area contributed by atoms with E-state index in [9.17, 15) is 0 Å². The molecule has 2 heteroatoms. The lowest BCUT2D eigenvalue weighted by molar-refractivity contribution is 0.412. The minimum Gasteiger partial charge on any atom is -0.314 e. The summed E-state index contributed by atoms with van der Waals surface area (Å²) in [5, 5.41) is 4.90. The van der Waals surface area contributed by atoms with Crippen LogP contribution < -0.4 is 5.32 Å². The van der Waals surface area contributed by atoms with E-state index in [0.717, 1.165) is 17.8 Å². The number of pyridine rings is 1. The van der Waals surface area contributed by atoms with Crippen molar-refractivity contribution in [2.24, 2.45) is 5.92 Å². The largest absolute Gasteiger partial charge is 0.314 e. The van der Waals surface area contributed by atoms with Crippen molar-refractivity contribution < 1.29 is 0 Å². The van der Waals surface area contributed by atoms with Crippen LogP contribution in [-0.2, 0) is 0 Å². The Morgan fingerprint density at radius 1 is 1.20 bits per heavy atom. The maximum absolute atomic E-state index is 4.59. The third-order valence-corrected chi connectivity index (χ3v) is 4.80. The SMILES string of the molecule is CCNC1CCC(c2ccc3nc(C)ccc3c2)C1C. The van der Waals surface area contributed by atoms with E-state index in [0.29, 0.717) is 17.9 Å². The summed E-state index contributed by atoms with van der Waals surface area (Å²) < 4.78 is 0. The van der Waals surface area contributed by atoms with Crippen LogP contribution in [-0.4, -0.2) is 17.6 Å². The fraction of sp³-hybridized carbons (Fsp3) is 0.500. The molecule has 1 aromatic heterocycles. The zero-order valence-electron chi connectivity index (χ0n) is 12.7. The van der Waals surface area contributed by atoms with Crippen molar-refractivity contribution in [2.75, 3.05) is 6.54 Å².